The first kappa shape index (κ1) is 14.6. The molecular formula is C16H18N2O4. The fourth-order valence-corrected chi connectivity index (χ4v) is 2.62. The summed E-state index contributed by atoms with van der Waals surface area (Å²) in [4.78, 5) is 37.1. The fourth-order valence-electron chi connectivity index (χ4n) is 2.62. The Bertz CT molecular complexity index is 637. The van der Waals surface area contributed by atoms with E-state index in [0.29, 0.717) is 12.2 Å². The van der Waals surface area contributed by atoms with Gasteiger partial charge in [-0.2, -0.15) is 0 Å². The lowest BCUT2D eigenvalue weighted by Gasteiger charge is -2.17. The summed E-state index contributed by atoms with van der Waals surface area (Å²) in [5.74, 6) is -1.40. The fraction of sp³-hybridized carbons (Fsp3) is 0.438. The molecule has 1 aromatic rings. The van der Waals surface area contributed by atoms with Gasteiger partial charge in [-0.15, -0.1) is 0 Å². The van der Waals surface area contributed by atoms with Crippen LogP contribution in [0.2, 0.25) is 0 Å². The number of amides is 2. The summed E-state index contributed by atoms with van der Waals surface area (Å²) in [6.45, 7) is 2.47. The van der Waals surface area contributed by atoms with Gasteiger partial charge in [0.15, 0.2) is 0 Å². The predicted molar refractivity (Wildman–Crippen MR) is 80.5 cm³/mol. The smallest absolute Gasteiger partial charge is 0.397 e. The highest BCUT2D eigenvalue weighted by Gasteiger charge is 2.36. The number of anilines is 2. The van der Waals surface area contributed by atoms with Gasteiger partial charge >= 0.3 is 11.9 Å². The van der Waals surface area contributed by atoms with E-state index in [1.54, 1.807) is 24.0 Å². The molecule has 116 valence electrons. The molecule has 1 aliphatic carbocycles. The number of fused-ring (bicyclic) bond motifs is 1. The van der Waals surface area contributed by atoms with Crippen molar-refractivity contribution in [2.24, 2.45) is 5.92 Å². The average Bonchev–Trinajstić information content (AvgIpc) is 3.27. The second kappa shape index (κ2) is 5.79. The van der Waals surface area contributed by atoms with E-state index in [2.05, 4.69) is 10.1 Å². The molecule has 0 saturated heterocycles. The highest BCUT2D eigenvalue weighted by atomic mass is 16.5. The standard InChI is InChI=1S/C16H18N2O4/c1-2-22-16(21)14(19)17-12-6-5-10-7-8-18(13(10)9-12)15(20)11-3-4-11/h5-6,9,11H,2-4,7-8H2,1H3,(H,17,19). The van der Waals surface area contributed by atoms with E-state index >= 15 is 0 Å². The summed E-state index contributed by atoms with van der Waals surface area (Å²) in [6.07, 6.45) is 2.74. The number of hydrogen-bond acceptors (Lipinski definition) is 4. The number of nitrogens with zero attached hydrogens (tertiary/aromatic N) is 1. The molecule has 1 N–H and O–H groups in total. The number of carbonyl (C=O) groups excluding carboxylic acids is 3. The highest BCUT2D eigenvalue weighted by Crippen LogP contribution is 2.37. The van der Waals surface area contributed by atoms with E-state index in [0.717, 1.165) is 30.5 Å². The molecule has 0 aromatic heterocycles. The molecule has 1 heterocycles. The quantitative estimate of drug-likeness (QED) is 0.678. The Kier molecular flexibility index (Phi) is 3.83. The average molecular weight is 302 g/mol. The lowest BCUT2D eigenvalue weighted by Crippen LogP contribution is -2.30. The van der Waals surface area contributed by atoms with E-state index in [-0.39, 0.29) is 18.4 Å². The van der Waals surface area contributed by atoms with Crippen molar-refractivity contribution >= 4 is 29.2 Å². The summed E-state index contributed by atoms with van der Waals surface area (Å²) in [5, 5.41) is 2.51. The van der Waals surface area contributed by atoms with Crippen LogP contribution in [-0.2, 0) is 25.5 Å². The number of esters is 1. The summed E-state index contributed by atoms with van der Waals surface area (Å²) >= 11 is 0. The van der Waals surface area contributed by atoms with Gasteiger partial charge in [0.2, 0.25) is 5.91 Å². The Labute approximate surface area is 128 Å². The molecule has 0 bridgehead atoms. The number of rotatable bonds is 3. The number of benzene rings is 1. The summed E-state index contributed by atoms with van der Waals surface area (Å²) < 4.78 is 4.65. The van der Waals surface area contributed by atoms with Crippen molar-refractivity contribution in [1.29, 1.82) is 0 Å². The third-order valence-electron chi connectivity index (χ3n) is 3.89. The Hall–Kier alpha value is -2.37. The second-order valence-corrected chi connectivity index (χ2v) is 5.53. The van der Waals surface area contributed by atoms with Gasteiger partial charge in [-0.25, -0.2) is 4.79 Å². The van der Waals surface area contributed by atoms with Crippen LogP contribution in [0.25, 0.3) is 0 Å². The molecule has 1 aliphatic heterocycles. The van der Waals surface area contributed by atoms with Gasteiger partial charge in [0.1, 0.15) is 0 Å². The third-order valence-corrected chi connectivity index (χ3v) is 3.89. The summed E-state index contributed by atoms with van der Waals surface area (Å²) in [6, 6.07) is 5.37. The van der Waals surface area contributed by atoms with Gasteiger partial charge in [-0.3, -0.25) is 9.59 Å². The van der Waals surface area contributed by atoms with Crippen LogP contribution >= 0.6 is 0 Å². The van der Waals surface area contributed by atoms with Gasteiger partial charge < -0.3 is 15.0 Å². The molecule has 2 amide bonds. The van der Waals surface area contributed by atoms with Crippen LogP contribution in [0.1, 0.15) is 25.3 Å². The molecule has 2 aliphatic rings. The largest absolute Gasteiger partial charge is 0.459 e. The minimum absolute atomic E-state index is 0.153. The van der Waals surface area contributed by atoms with Gasteiger partial charge in [0, 0.05) is 23.8 Å². The van der Waals surface area contributed by atoms with Crippen molar-refractivity contribution in [2.45, 2.75) is 26.2 Å². The Balaban J connectivity index is 1.75. The topological polar surface area (TPSA) is 75.7 Å². The molecule has 6 heteroatoms. The van der Waals surface area contributed by atoms with Crippen LogP contribution in [0.5, 0.6) is 0 Å². The van der Waals surface area contributed by atoms with E-state index in [1.165, 1.54) is 0 Å². The second-order valence-electron chi connectivity index (χ2n) is 5.53. The molecule has 1 saturated carbocycles. The van der Waals surface area contributed by atoms with Crippen molar-refractivity contribution in [3.05, 3.63) is 23.8 Å². The summed E-state index contributed by atoms with van der Waals surface area (Å²) in [5.41, 5.74) is 2.41. The lowest BCUT2D eigenvalue weighted by atomic mass is 10.1. The van der Waals surface area contributed by atoms with Gasteiger partial charge in [0.25, 0.3) is 0 Å². The molecule has 0 unspecified atom stereocenters. The molecule has 3 rings (SSSR count). The zero-order chi connectivity index (χ0) is 15.7. The normalized spacial score (nSPS) is 16.1. The van der Waals surface area contributed by atoms with Crippen molar-refractivity contribution in [3.8, 4) is 0 Å². The van der Waals surface area contributed by atoms with Crippen LogP contribution in [-0.4, -0.2) is 30.9 Å². The summed E-state index contributed by atoms with van der Waals surface area (Å²) in [7, 11) is 0. The molecule has 6 nitrogen and oxygen atoms in total. The van der Waals surface area contributed by atoms with Crippen molar-refractivity contribution in [3.63, 3.8) is 0 Å². The number of ether oxygens (including phenoxy) is 1. The number of carbonyl (C=O) groups is 3. The Morgan fingerprint density at radius 3 is 2.77 bits per heavy atom. The van der Waals surface area contributed by atoms with Crippen LogP contribution in [0.15, 0.2) is 18.2 Å². The van der Waals surface area contributed by atoms with E-state index in [4.69, 9.17) is 0 Å². The van der Waals surface area contributed by atoms with Crippen LogP contribution < -0.4 is 10.2 Å². The van der Waals surface area contributed by atoms with Crippen molar-refractivity contribution < 1.29 is 19.1 Å². The van der Waals surface area contributed by atoms with Gasteiger partial charge in [-0.1, -0.05) is 6.07 Å². The molecular weight excluding hydrogens is 284 g/mol. The molecule has 0 radical (unpaired) electrons. The third kappa shape index (κ3) is 2.81. The SMILES string of the molecule is CCOC(=O)C(=O)Nc1ccc2c(c1)N(C(=O)C1CC1)CC2. The number of nitrogens with one attached hydrogen (secondary N) is 1. The molecule has 1 fully saturated rings. The maximum atomic E-state index is 12.3. The van der Waals surface area contributed by atoms with Crippen LogP contribution in [0.3, 0.4) is 0 Å². The van der Waals surface area contributed by atoms with Gasteiger partial charge in [0.05, 0.1) is 6.61 Å². The zero-order valence-corrected chi connectivity index (χ0v) is 12.4. The van der Waals surface area contributed by atoms with Crippen LogP contribution in [0.4, 0.5) is 11.4 Å². The zero-order valence-electron chi connectivity index (χ0n) is 12.4. The monoisotopic (exact) mass is 302 g/mol. The first-order valence-electron chi connectivity index (χ1n) is 7.52. The molecule has 0 atom stereocenters. The highest BCUT2D eigenvalue weighted by molar-refractivity contribution is 6.37. The molecule has 0 spiro atoms. The van der Waals surface area contributed by atoms with Gasteiger partial charge in [-0.05, 0) is 43.9 Å². The van der Waals surface area contributed by atoms with Crippen molar-refractivity contribution in [1.82, 2.24) is 0 Å². The maximum Gasteiger partial charge on any atom is 0.397 e. The molecule has 22 heavy (non-hydrogen) atoms. The first-order valence-corrected chi connectivity index (χ1v) is 7.52. The van der Waals surface area contributed by atoms with E-state index < -0.39 is 11.9 Å². The maximum absolute atomic E-state index is 12.3. The van der Waals surface area contributed by atoms with Crippen LogP contribution in [0, 0.1) is 5.92 Å². The molecule has 1 aromatic carbocycles. The Morgan fingerprint density at radius 2 is 2.09 bits per heavy atom. The van der Waals surface area contributed by atoms with E-state index in [1.807, 2.05) is 6.07 Å². The minimum Gasteiger partial charge on any atom is -0.459 e. The predicted octanol–water partition coefficient (Wildman–Crippen LogP) is 1.49. The lowest BCUT2D eigenvalue weighted by molar-refractivity contribution is -0.152. The van der Waals surface area contributed by atoms with Crippen molar-refractivity contribution in [2.75, 3.05) is 23.4 Å². The Morgan fingerprint density at radius 1 is 1.32 bits per heavy atom. The number of hydrogen-bond donors (Lipinski definition) is 1. The van der Waals surface area contributed by atoms with E-state index in [9.17, 15) is 14.4 Å². The minimum atomic E-state index is -0.908. The first-order chi connectivity index (χ1) is 10.6.